The van der Waals surface area contributed by atoms with Crippen LogP contribution in [-0.2, 0) is 14.4 Å². The lowest BCUT2D eigenvalue weighted by Crippen LogP contribution is -2.57. The number of benzene rings is 1. The van der Waals surface area contributed by atoms with Gasteiger partial charge in [0.2, 0.25) is 11.8 Å². The highest BCUT2D eigenvalue weighted by molar-refractivity contribution is 6.34. The predicted molar refractivity (Wildman–Crippen MR) is 108 cm³/mol. The van der Waals surface area contributed by atoms with E-state index in [1.807, 2.05) is 20.8 Å². The summed E-state index contributed by atoms with van der Waals surface area (Å²) in [6, 6.07) is 2.38. The molecule has 1 aliphatic heterocycles. The molecule has 9 heteroatoms. The van der Waals surface area contributed by atoms with Crippen molar-refractivity contribution in [3.8, 4) is 5.75 Å². The van der Waals surface area contributed by atoms with Crippen molar-refractivity contribution < 1.29 is 24.3 Å². The first kappa shape index (κ1) is 22.7. The Hall–Kier alpha value is -2.61. The van der Waals surface area contributed by atoms with Gasteiger partial charge in [0.25, 0.3) is 5.91 Å². The average Bonchev–Trinajstić information content (AvgIpc) is 3.12. The molecule has 8 nitrogen and oxygen atoms in total. The average molecular weight is 424 g/mol. The number of amides is 3. The third kappa shape index (κ3) is 5.47. The van der Waals surface area contributed by atoms with E-state index in [1.165, 1.54) is 23.1 Å². The Labute approximate surface area is 174 Å². The molecule has 0 spiro atoms. The Morgan fingerprint density at radius 3 is 2.62 bits per heavy atom. The second-order valence-electron chi connectivity index (χ2n) is 8.04. The second kappa shape index (κ2) is 9.26. The van der Waals surface area contributed by atoms with Crippen molar-refractivity contribution in [3.63, 3.8) is 0 Å². The number of carbonyl (C=O) groups is 4. The highest BCUT2D eigenvalue weighted by atomic mass is 35.5. The first-order valence-electron chi connectivity index (χ1n) is 9.37. The van der Waals surface area contributed by atoms with E-state index in [1.54, 1.807) is 0 Å². The van der Waals surface area contributed by atoms with Gasteiger partial charge in [0.1, 0.15) is 24.1 Å². The summed E-state index contributed by atoms with van der Waals surface area (Å²) < 4.78 is 0. The molecule has 0 radical (unpaired) electrons. The number of aldehydes is 1. The molecular weight excluding hydrogens is 398 g/mol. The lowest BCUT2D eigenvalue weighted by molar-refractivity contribution is -0.141. The molecule has 158 valence electrons. The first-order valence-corrected chi connectivity index (χ1v) is 9.75. The fourth-order valence-electron chi connectivity index (χ4n) is 3.27. The molecule has 1 heterocycles. The largest absolute Gasteiger partial charge is 0.508 e. The standard InChI is InChI=1S/C20H26ClN3O5/c1-20(2,3)16(23-17(27)13-7-6-12(26)11-14(13)21)19(29)24-9-4-5-15(24)18(28)22-8-10-25/h6-7,10-11,15-16,26H,4-5,8-9H2,1-3H3,(H,22,28)(H,23,27)/t15-,16+/m0/s1. The maximum Gasteiger partial charge on any atom is 0.253 e. The first-order chi connectivity index (χ1) is 13.6. The van der Waals surface area contributed by atoms with Gasteiger partial charge in [0.15, 0.2) is 0 Å². The van der Waals surface area contributed by atoms with Crippen LogP contribution in [0.15, 0.2) is 18.2 Å². The van der Waals surface area contributed by atoms with Crippen LogP contribution in [-0.4, -0.2) is 59.2 Å². The van der Waals surface area contributed by atoms with E-state index in [-0.39, 0.29) is 34.7 Å². The summed E-state index contributed by atoms with van der Waals surface area (Å²) in [5.74, 6) is -1.38. The molecule has 1 saturated heterocycles. The molecule has 0 aliphatic carbocycles. The number of likely N-dealkylation sites (tertiary alicyclic amines) is 1. The summed E-state index contributed by atoms with van der Waals surface area (Å²) in [5.41, 5.74) is -0.504. The van der Waals surface area contributed by atoms with Gasteiger partial charge in [-0.1, -0.05) is 32.4 Å². The SMILES string of the molecule is CC(C)(C)[C@H](NC(=O)c1ccc(O)cc1Cl)C(=O)N1CCC[C@H]1C(=O)NCC=O. The van der Waals surface area contributed by atoms with Crippen LogP contribution in [0.4, 0.5) is 0 Å². The summed E-state index contributed by atoms with van der Waals surface area (Å²) in [6.07, 6.45) is 1.73. The van der Waals surface area contributed by atoms with Crippen LogP contribution in [0.5, 0.6) is 5.75 Å². The van der Waals surface area contributed by atoms with Crippen LogP contribution >= 0.6 is 11.6 Å². The van der Waals surface area contributed by atoms with Gasteiger partial charge in [0.05, 0.1) is 17.1 Å². The van der Waals surface area contributed by atoms with Gasteiger partial charge in [-0.05, 0) is 36.5 Å². The van der Waals surface area contributed by atoms with Crippen molar-refractivity contribution in [3.05, 3.63) is 28.8 Å². The Kier molecular flexibility index (Phi) is 7.24. The number of carbonyl (C=O) groups excluding carboxylic acids is 4. The zero-order valence-corrected chi connectivity index (χ0v) is 17.5. The van der Waals surface area contributed by atoms with Crippen LogP contribution < -0.4 is 10.6 Å². The molecule has 3 amide bonds. The van der Waals surface area contributed by atoms with E-state index < -0.39 is 23.4 Å². The third-order valence-corrected chi connectivity index (χ3v) is 5.10. The quantitative estimate of drug-likeness (QED) is 0.599. The van der Waals surface area contributed by atoms with E-state index in [9.17, 15) is 24.3 Å². The molecule has 0 aromatic heterocycles. The van der Waals surface area contributed by atoms with Crippen molar-refractivity contribution >= 4 is 35.6 Å². The van der Waals surface area contributed by atoms with E-state index in [2.05, 4.69) is 10.6 Å². The number of aromatic hydroxyl groups is 1. The van der Waals surface area contributed by atoms with Crippen LogP contribution in [0.25, 0.3) is 0 Å². The summed E-state index contributed by atoms with van der Waals surface area (Å²) in [7, 11) is 0. The van der Waals surface area contributed by atoms with E-state index in [0.29, 0.717) is 25.7 Å². The van der Waals surface area contributed by atoms with Crippen LogP contribution in [0.3, 0.4) is 0 Å². The third-order valence-electron chi connectivity index (χ3n) is 4.78. The number of phenolic OH excluding ortho intramolecular Hbond substituents is 1. The van der Waals surface area contributed by atoms with E-state index in [4.69, 9.17) is 11.6 Å². The molecule has 0 saturated carbocycles. The van der Waals surface area contributed by atoms with Crippen molar-refractivity contribution in [1.29, 1.82) is 0 Å². The molecule has 2 rings (SSSR count). The Bertz CT molecular complexity index is 806. The lowest BCUT2D eigenvalue weighted by atomic mass is 9.85. The van der Waals surface area contributed by atoms with Crippen LogP contribution in [0.2, 0.25) is 5.02 Å². The van der Waals surface area contributed by atoms with E-state index >= 15 is 0 Å². The zero-order valence-electron chi connectivity index (χ0n) is 16.7. The highest BCUT2D eigenvalue weighted by Gasteiger charge is 2.41. The van der Waals surface area contributed by atoms with Gasteiger partial charge in [-0.3, -0.25) is 14.4 Å². The molecule has 29 heavy (non-hydrogen) atoms. The minimum Gasteiger partial charge on any atom is -0.508 e. The predicted octanol–water partition coefficient (Wildman–Crippen LogP) is 1.50. The van der Waals surface area contributed by atoms with E-state index in [0.717, 1.165) is 0 Å². The molecule has 1 fully saturated rings. The van der Waals surface area contributed by atoms with Gasteiger partial charge >= 0.3 is 0 Å². The topological polar surface area (TPSA) is 116 Å². The number of nitrogens with one attached hydrogen (secondary N) is 2. The van der Waals surface area contributed by atoms with Crippen molar-refractivity contribution in [1.82, 2.24) is 15.5 Å². The second-order valence-corrected chi connectivity index (χ2v) is 8.45. The fourth-order valence-corrected chi connectivity index (χ4v) is 3.54. The highest BCUT2D eigenvalue weighted by Crippen LogP contribution is 2.27. The number of hydrogen-bond acceptors (Lipinski definition) is 5. The molecule has 0 unspecified atom stereocenters. The molecule has 1 aliphatic rings. The minimum absolute atomic E-state index is 0.0647. The summed E-state index contributed by atoms with van der Waals surface area (Å²) in [4.78, 5) is 50.3. The monoisotopic (exact) mass is 423 g/mol. The van der Waals surface area contributed by atoms with Crippen molar-refractivity contribution in [2.45, 2.75) is 45.7 Å². The minimum atomic E-state index is -0.903. The molecule has 3 N–H and O–H groups in total. The number of rotatable bonds is 6. The maximum atomic E-state index is 13.3. The maximum absolute atomic E-state index is 13.3. The Morgan fingerprint density at radius 2 is 2.03 bits per heavy atom. The molecule has 2 atom stereocenters. The molecule has 0 bridgehead atoms. The van der Waals surface area contributed by atoms with Gasteiger partial charge in [0, 0.05) is 6.54 Å². The zero-order chi connectivity index (χ0) is 21.8. The Morgan fingerprint density at radius 1 is 1.34 bits per heavy atom. The molecule has 1 aromatic rings. The van der Waals surface area contributed by atoms with Crippen molar-refractivity contribution in [2.75, 3.05) is 13.1 Å². The number of halogens is 1. The smallest absolute Gasteiger partial charge is 0.253 e. The van der Waals surface area contributed by atoms with Crippen molar-refractivity contribution in [2.24, 2.45) is 5.41 Å². The fraction of sp³-hybridized carbons (Fsp3) is 0.500. The number of hydrogen-bond donors (Lipinski definition) is 3. The van der Waals surface area contributed by atoms with Gasteiger partial charge in [-0.25, -0.2) is 0 Å². The summed E-state index contributed by atoms with van der Waals surface area (Å²) in [5, 5.41) is 14.7. The lowest BCUT2D eigenvalue weighted by Gasteiger charge is -2.35. The van der Waals surface area contributed by atoms with Gasteiger partial charge < -0.3 is 25.4 Å². The summed E-state index contributed by atoms with van der Waals surface area (Å²) in [6.45, 7) is 5.71. The number of phenols is 1. The van der Waals surface area contributed by atoms with Crippen LogP contribution in [0.1, 0.15) is 44.0 Å². The van der Waals surface area contributed by atoms with Gasteiger partial charge in [-0.15, -0.1) is 0 Å². The molecule has 1 aromatic carbocycles. The Balaban J connectivity index is 2.23. The van der Waals surface area contributed by atoms with Gasteiger partial charge in [-0.2, -0.15) is 0 Å². The molecular formula is C20H26ClN3O5. The number of nitrogens with zero attached hydrogens (tertiary/aromatic N) is 1. The summed E-state index contributed by atoms with van der Waals surface area (Å²) >= 11 is 6.04. The normalized spacial score (nSPS) is 17.5. The van der Waals surface area contributed by atoms with Crippen LogP contribution in [0, 0.1) is 5.41 Å².